The Hall–Kier alpha value is -1.67. The lowest BCUT2D eigenvalue weighted by Crippen LogP contribution is -2.35. The Kier molecular flexibility index (Phi) is 4.35. The van der Waals surface area contributed by atoms with Crippen LogP contribution in [0.2, 0.25) is 0 Å². The molecule has 1 fully saturated rings. The lowest BCUT2D eigenvalue weighted by atomic mass is 9.87. The first-order valence-electron chi connectivity index (χ1n) is 8.00. The van der Waals surface area contributed by atoms with Gasteiger partial charge in [-0.25, -0.2) is 0 Å². The number of rotatable bonds is 3. The molecule has 0 heterocycles. The van der Waals surface area contributed by atoms with E-state index in [9.17, 15) is 4.79 Å². The molecule has 0 bridgehead atoms. The first kappa shape index (κ1) is 14.3. The molecular weight excluding hydrogens is 258 g/mol. The molecule has 0 radical (unpaired) electrons. The minimum atomic E-state index is 0.0477. The lowest BCUT2D eigenvalue weighted by Gasteiger charge is -2.20. The molecule has 2 unspecified atom stereocenters. The summed E-state index contributed by atoms with van der Waals surface area (Å²) in [5.41, 5.74) is 7.36. The highest BCUT2D eigenvalue weighted by molar-refractivity contribution is 5.91. The van der Waals surface area contributed by atoms with Crippen molar-refractivity contribution in [2.24, 2.45) is 11.7 Å². The van der Waals surface area contributed by atoms with Gasteiger partial charge in [0, 0.05) is 18.4 Å². The number of ketones is 1. The Morgan fingerprint density at radius 2 is 1.76 bits per heavy atom. The highest BCUT2D eigenvalue weighted by atomic mass is 16.1. The summed E-state index contributed by atoms with van der Waals surface area (Å²) >= 11 is 0. The predicted molar refractivity (Wildman–Crippen MR) is 87.2 cm³/mol. The van der Waals surface area contributed by atoms with Gasteiger partial charge in [-0.2, -0.15) is 0 Å². The van der Waals surface area contributed by atoms with E-state index in [2.05, 4.69) is 24.3 Å². The monoisotopic (exact) mass is 281 g/mol. The smallest absolute Gasteiger partial charge is 0.141 e. The van der Waals surface area contributed by atoms with E-state index in [1.807, 2.05) is 18.2 Å². The first-order valence-corrected chi connectivity index (χ1v) is 8.00. The van der Waals surface area contributed by atoms with E-state index in [0.29, 0.717) is 12.2 Å². The van der Waals surface area contributed by atoms with Crippen molar-refractivity contribution in [1.82, 2.24) is 0 Å². The number of carbonyl (C=O) groups is 1. The van der Waals surface area contributed by atoms with Gasteiger partial charge in [-0.1, -0.05) is 61.7 Å². The molecule has 2 atom stereocenters. The van der Waals surface area contributed by atoms with Crippen molar-refractivity contribution in [2.45, 2.75) is 44.6 Å². The maximum Gasteiger partial charge on any atom is 0.141 e. The van der Waals surface area contributed by atoms with Gasteiger partial charge in [-0.05, 0) is 29.2 Å². The predicted octanol–water partition coefficient (Wildman–Crippen LogP) is 3.86. The Morgan fingerprint density at radius 1 is 1.00 bits per heavy atom. The zero-order chi connectivity index (χ0) is 14.7. The van der Waals surface area contributed by atoms with Crippen molar-refractivity contribution >= 4 is 16.6 Å². The van der Waals surface area contributed by atoms with Crippen LogP contribution in [0.1, 0.15) is 37.7 Å². The van der Waals surface area contributed by atoms with Crippen LogP contribution >= 0.6 is 0 Å². The standard InChI is InChI=1S/C19H23NO/c20-18-12-3-1-2-11-17(18)19(21)13-15-9-6-8-14-7-4-5-10-16(14)15/h4-10,17-18H,1-3,11-13,20H2. The molecule has 21 heavy (non-hydrogen) atoms. The Labute approximate surface area is 126 Å². The number of fused-ring (bicyclic) bond motifs is 1. The summed E-state index contributed by atoms with van der Waals surface area (Å²) in [6.45, 7) is 0. The third-order valence-corrected chi connectivity index (χ3v) is 4.73. The molecule has 0 saturated heterocycles. The molecule has 0 aromatic heterocycles. The average Bonchev–Trinajstić information content (AvgIpc) is 2.72. The van der Waals surface area contributed by atoms with Gasteiger partial charge in [-0.3, -0.25) is 4.79 Å². The number of hydrogen-bond donors (Lipinski definition) is 1. The molecule has 2 N–H and O–H groups in total. The largest absolute Gasteiger partial charge is 0.327 e. The SMILES string of the molecule is NC1CCCCCC1C(=O)Cc1cccc2ccccc12. The van der Waals surface area contributed by atoms with Crippen molar-refractivity contribution in [3.63, 3.8) is 0 Å². The molecule has 2 aromatic rings. The van der Waals surface area contributed by atoms with Crippen LogP contribution in [0.25, 0.3) is 10.8 Å². The third kappa shape index (κ3) is 3.16. The number of Topliss-reactive ketones (excluding diaryl/α,β-unsaturated/α-hetero) is 1. The van der Waals surface area contributed by atoms with E-state index in [4.69, 9.17) is 5.73 Å². The van der Waals surface area contributed by atoms with Gasteiger partial charge in [-0.15, -0.1) is 0 Å². The summed E-state index contributed by atoms with van der Waals surface area (Å²) in [6.07, 6.45) is 5.99. The quantitative estimate of drug-likeness (QED) is 0.868. The summed E-state index contributed by atoms with van der Waals surface area (Å²) in [4.78, 5) is 12.7. The highest BCUT2D eigenvalue weighted by Crippen LogP contribution is 2.26. The fourth-order valence-corrected chi connectivity index (χ4v) is 3.50. The highest BCUT2D eigenvalue weighted by Gasteiger charge is 2.26. The molecule has 3 rings (SSSR count). The second-order valence-corrected chi connectivity index (χ2v) is 6.19. The number of benzene rings is 2. The third-order valence-electron chi connectivity index (χ3n) is 4.73. The minimum absolute atomic E-state index is 0.0477. The number of nitrogens with two attached hydrogens (primary N) is 1. The van der Waals surface area contributed by atoms with E-state index in [0.717, 1.165) is 24.8 Å². The van der Waals surface area contributed by atoms with Gasteiger partial charge < -0.3 is 5.73 Å². The van der Waals surface area contributed by atoms with E-state index < -0.39 is 0 Å². The lowest BCUT2D eigenvalue weighted by molar-refractivity contribution is -0.123. The van der Waals surface area contributed by atoms with Gasteiger partial charge in [0.05, 0.1) is 0 Å². The van der Waals surface area contributed by atoms with Crippen LogP contribution in [0, 0.1) is 5.92 Å². The fourth-order valence-electron chi connectivity index (χ4n) is 3.50. The summed E-state index contributed by atoms with van der Waals surface area (Å²) in [5, 5.41) is 2.39. The Morgan fingerprint density at radius 3 is 2.67 bits per heavy atom. The zero-order valence-corrected chi connectivity index (χ0v) is 12.4. The Balaban J connectivity index is 1.82. The van der Waals surface area contributed by atoms with Crippen LogP contribution < -0.4 is 5.73 Å². The van der Waals surface area contributed by atoms with E-state index in [1.54, 1.807) is 0 Å². The van der Waals surface area contributed by atoms with Crippen molar-refractivity contribution in [2.75, 3.05) is 0 Å². The molecule has 2 nitrogen and oxygen atoms in total. The van der Waals surface area contributed by atoms with Crippen molar-refractivity contribution in [1.29, 1.82) is 0 Å². The molecule has 1 aliphatic carbocycles. The molecule has 0 aliphatic heterocycles. The topological polar surface area (TPSA) is 43.1 Å². The van der Waals surface area contributed by atoms with Crippen LogP contribution in [0.3, 0.4) is 0 Å². The molecule has 1 saturated carbocycles. The summed E-state index contributed by atoms with van der Waals surface area (Å²) in [5.74, 6) is 0.368. The Bertz CT molecular complexity index is 629. The average molecular weight is 281 g/mol. The zero-order valence-electron chi connectivity index (χ0n) is 12.4. The normalized spacial score (nSPS) is 22.9. The maximum atomic E-state index is 12.7. The minimum Gasteiger partial charge on any atom is -0.327 e. The van der Waals surface area contributed by atoms with Gasteiger partial charge in [0.2, 0.25) is 0 Å². The van der Waals surface area contributed by atoms with Crippen LogP contribution in [0.5, 0.6) is 0 Å². The van der Waals surface area contributed by atoms with Crippen LogP contribution in [0.4, 0.5) is 0 Å². The van der Waals surface area contributed by atoms with Crippen LogP contribution in [0.15, 0.2) is 42.5 Å². The molecule has 0 amide bonds. The molecule has 2 aromatic carbocycles. The maximum absolute atomic E-state index is 12.7. The van der Waals surface area contributed by atoms with Crippen molar-refractivity contribution in [3.8, 4) is 0 Å². The number of carbonyl (C=O) groups excluding carboxylic acids is 1. The number of hydrogen-bond acceptors (Lipinski definition) is 2. The summed E-state index contributed by atoms with van der Waals surface area (Å²) < 4.78 is 0. The molecule has 0 spiro atoms. The molecule has 110 valence electrons. The van der Waals surface area contributed by atoms with E-state index in [1.165, 1.54) is 23.6 Å². The summed E-state index contributed by atoms with van der Waals surface area (Å²) in [6, 6.07) is 14.5. The first-order chi connectivity index (χ1) is 10.3. The second-order valence-electron chi connectivity index (χ2n) is 6.19. The van der Waals surface area contributed by atoms with E-state index in [-0.39, 0.29) is 12.0 Å². The molecular formula is C19H23NO. The van der Waals surface area contributed by atoms with Gasteiger partial charge >= 0.3 is 0 Å². The fraction of sp³-hybridized carbons (Fsp3) is 0.421. The van der Waals surface area contributed by atoms with Crippen molar-refractivity contribution in [3.05, 3.63) is 48.0 Å². The van der Waals surface area contributed by atoms with Gasteiger partial charge in [0.1, 0.15) is 5.78 Å². The molecule has 2 heteroatoms. The summed E-state index contributed by atoms with van der Waals surface area (Å²) in [7, 11) is 0. The van der Waals surface area contributed by atoms with Gasteiger partial charge in [0.15, 0.2) is 0 Å². The van der Waals surface area contributed by atoms with E-state index >= 15 is 0 Å². The van der Waals surface area contributed by atoms with Crippen LogP contribution in [-0.2, 0) is 11.2 Å². The molecule has 1 aliphatic rings. The van der Waals surface area contributed by atoms with Crippen molar-refractivity contribution < 1.29 is 4.79 Å². The second kappa shape index (κ2) is 6.40. The van der Waals surface area contributed by atoms with Crippen LogP contribution in [-0.4, -0.2) is 11.8 Å². The van der Waals surface area contributed by atoms with Gasteiger partial charge in [0.25, 0.3) is 0 Å².